The topological polar surface area (TPSA) is 49.4 Å². The summed E-state index contributed by atoms with van der Waals surface area (Å²) < 4.78 is 0. The molecule has 1 rings (SSSR count). The van der Waals surface area contributed by atoms with E-state index in [2.05, 4.69) is 12.2 Å². The molecule has 4 heteroatoms. The third kappa shape index (κ3) is 6.43. The summed E-state index contributed by atoms with van der Waals surface area (Å²) in [5, 5.41) is 2.88. The van der Waals surface area contributed by atoms with Crippen LogP contribution in [0.15, 0.2) is 24.3 Å². The van der Waals surface area contributed by atoms with Crippen LogP contribution in [-0.2, 0) is 16.1 Å². The van der Waals surface area contributed by atoms with Crippen molar-refractivity contribution in [2.75, 3.05) is 13.1 Å². The van der Waals surface area contributed by atoms with Crippen LogP contribution in [0.4, 0.5) is 0 Å². The number of rotatable bonds is 8. The fourth-order valence-corrected chi connectivity index (χ4v) is 2.07. The van der Waals surface area contributed by atoms with Gasteiger partial charge < -0.3 is 10.2 Å². The molecular formula is C17H26N2O2. The number of carbonyl (C=O) groups is 2. The van der Waals surface area contributed by atoms with E-state index in [9.17, 15) is 9.59 Å². The largest absolute Gasteiger partial charge is 0.356 e. The van der Waals surface area contributed by atoms with E-state index >= 15 is 0 Å². The fraction of sp³-hybridized carbons (Fsp3) is 0.529. The molecule has 2 amide bonds. The third-order valence-electron chi connectivity index (χ3n) is 3.53. The molecule has 0 spiro atoms. The van der Waals surface area contributed by atoms with Crippen LogP contribution < -0.4 is 5.32 Å². The Hall–Kier alpha value is -1.84. The molecule has 1 N–H and O–H groups in total. The molecule has 0 saturated heterocycles. The van der Waals surface area contributed by atoms with Crippen molar-refractivity contribution >= 4 is 11.8 Å². The summed E-state index contributed by atoms with van der Waals surface area (Å²) in [5.41, 5.74) is 2.29. The Morgan fingerprint density at radius 3 is 2.57 bits per heavy atom. The van der Waals surface area contributed by atoms with Crippen LogP contribution in [0, 0.1) is 6.92 Å². The van der Waals surface area contributed by atoms with Crippen LogP contribution in [0.3, 0.4) is 0 Å². The van der Waals surface area contributed by atoms with Gasteiger partial charge in [0.2, 0.25) is 11.8 Å². The average Bonchev–Trinajstić information content (AvgIpc) is 2.45. The Morgan fingerprint density at radius 1 is 1.24 bits per heavy atom. The van der Waals surface area contributed by atoms with Crippen molar-refractivity contribution in [2.24, 2.45) is 0 Å². The standard InChI is InChI=1S/C17H26N2O2/c1-4-5-11-18-17(21)10-12-19(15(3)20)13-16-9-7-6-8-14(16)2/h6-9H,4-5,10-13H2,1-3H3,(H,18,21). The van der Waals surface area contributed by atoms with E-state index in [0.29, 0.717) is 26.1 Å². The minimum atomic E-state index is -0.000360. The number of unbranched alkanes of at least 4 members (excludes halogenated alkanes) is 1. The Morgan fingerprint density at radius 2 is 1.95 bits per heavy atom. The van der Waals surface area contributed by atoms with Gasteiger partial charge in [-0.1, -0.05) is 37.6 Å². The number of benzene rings is 1. The maximum Gasteiger partial charge on any atom is 0.221 e. The Balaban J connectivity index is 2.49. The summed E-state index contributed by atoms with van der Waals surface area (Å²) in [5.74, 6) is 0.0131. The van der Waals surface area contributed by atoms with Crippen LogP contribution in [0.5, 0.6) is 0 Å². The summed E-state index contributed by atoms with van der Waals surface area (Å²) in [6.45, 7) is 7.41. The molecule has 0 atom stereocenters. The summed E-state index contributed by atoms with van der Waals surface area (Å²) in [6, 6.07) is 8.01. The van der Waals surface area contributed by atoms with Crippen LogP contribution in [-0.4, -0.2) is 29.8 Å². The normalized spacial score (nSPS) is 10.2. The van der Waals surface area contributed by atoms with E-state index in [1.807, 2.05) is 31.2 Å². The highest BCUT2D eigenvalue weighted by atomic mass is 16.2. The summed E-state index contributed by atoms with van der Waals surface area (Å²) in [6.07, 6.45) is 2.41. The number of nitrogens with one attached hydrogen (secondary N) is 1. The Labute approximate surface area is 127 Å². The maximum atomic E-state index is 11.7. The van der Waals surface area contributed by atoms with Crippen molar-refractivity contribution in [3.63, 3.8) is 0 Å². The molecule has 0 bridgehead atoms. The molecule has 116 valence electrons. The van der Waals surface area contributed by atoms with E-state index in [0.717, 1.165) is 24.0 Å². The number of amides is 2. The highest BCUT2D eigenvalue weighted by Crippen LogP contribution is 2.11. The first-order valence-electron chi connectivity index (χ1n) is 7.61. The van der Waals surface area contributed by atoms with Crippen molar-refractivity contribution in [3.05, 3.63) is 35.4 Å². The SMILES string of the molecule is CCCCNC(=O)CCN(Cc1ccccc1C)C(C)=O. The Bertz CT molecular complexity index is 472. The van der Waals surface area contributed by atoms with Crippen molar-refractivity contribution in [1.29, 1.82) is 0 Å². The van der Waals surface area contributed by atoms with Gasteiger partial charge in [-0.2, -0.15) is 0 Å². The first-order valence-corrected chi connectivity index (χ1v) is 7.61. The molecule has 0 saturated carbocycles. The first kappa shape index (κ1) is 17.2. The quantitative estimate of drug-likeness (QED) is 0.748. The van der Waals surface area contributed by atoms with Gasteiger partial charge in [-0.05, 0) is 24.5 Å². The van der Waals surface area contributed by atoms with Gasteiger partial charge in [-0.15, -0.1) is 0 Å². The Kier molecular flexibility index (Phi) is 7.51. The molecule has 0 aromatic heterocycles. The second-order valence-electron chi connectivity index (χ2n) is 5.32. The molecule has 0 aliphatic heterocycles. The smallest absolute Gasteiger partial charge is 0.221 e. The molecule has 0 aliphatic rings. The van der Waals surface area contributed by atoms with Crippen LogP contribution in [0.2, 0.25) is 0 Å². The van der Waals surface area contributed by atoms with E-state index in [4.69, 9.17) is 0 Å². The minimum Gasteiger partial charge on any atom is -0.356 e. The monoisotopic (exact) mass is 290 g/mol. The zero-order valence-electron chi connectivity index (χ0n) is 13.3. The molecule has 0 radical (unpaired) electrons. The average molecular weight is 290 g/mol. The van der Waals surface area contributed by atoms with Gasteiger partial charge in [0.25, 0.3) is 0 Å². The molecule has 0 aliphatic carbocycles. The lowest BCUT2D eigenvalue weighted by molar-refractivity contribution is -0.130. The number of hydrogen-bond acceptors (Lipinski definition) is 2. The third-order valence-corrected chi connectivity index (χ3v) is 3.53. The fourth-order valence-electron chi connectivity index (χ4n) is 2.07. The molecule has 4 nitrogen and oxygen atoms in total. The van der Waals surface area contributed by atoms with Gasteiger partial charge in [-0.3, -0.25) is 9.59 Å². The lowest BCUT2D eigenvalue weighted by Crippen LogP contribution is -2.34. The number of nitrogens with zero attached hydrogens (tertiary/aromatic N) is 1. The number of carbonyl (C=O) groups excluding carboxylic acids is 2. The predicted molar refractivity (Wildman–Crippen MR) is 84.8 cm³/mol. The molecule has 21 heavy (non-hydrogen) atoms. The number of aryl methyl sites for hydroxylation is 1. The first-order chi connectivity index (χ1) is 10.0. The summed E-state index contributed by atoms with van der Waals surface area (Å²) >= 11 is 0. The summed E-state index contributed by atoms with van der Waals surface area (Å²) in [7, 11) is 0. The maximum absolute atomic E-state index is 11.7. The second kappa shape index (κ2) is 9.16. The van der Waals surface area contributed by atoms with E-state index in [1.54, 1.807) is 11.8 Å². The van der Waals surface area contributed by atoms with E-state index < -0.39 is 0 Å². The van der Waals surface area contributed by atoms with Crippen LogP contribution in [0.1, 0.15) is 44.2 Å². The zero-order chi connectivity index (χ0) is 15.7. The van der Waals surface area contributed by atoms with Crippen LogP contribution >= 0.6 is 0 Å². The van der Waals surface area contributed by atoms with Crippen molar-refractivity contribution in [3.8, 4) is 0 Å². The van der Waals surface area contributed by atoms with Gasteiger partial charge in [0.05, 0.1) is 0 Å². The van der Waals surface area contributed by atoms with E-state index in [-0.39, 0.29) is 11.8 Å². The molecule has 0 unspecified atom stereocenters. The highest BCUT2D eigenvalue weighted by molar-refractivity contribution is 5.78. The highest BCUT2D eigenvalue weighted by Gasteiger charge is 2.12. The van der Waals surface area contributed by atoms with Crippen LogP contribution in [0.25, 0.3) is 0 Å². The lowest BCUT2D eigenvalue weighted by Gasteiger charge is -2.22. The van der Waals surface area contributed by atoms with E-state index in [1.165, 1.54) is 0 Å². The molecule has 1 aromatic rings. The van der Waals surface area contributed by atoms with Gasteiger partial charge in [0, 0.05) is 33.0 Å². The lowest BCUT2D eigenvalue weighted by atomic mass is 10.1. The minimum absolute atomic E-state index is 0.000360. The van der Waals surface area contributed by atoms with Gasteiger partial charge in [0.15, 0.2) is 0 Å². The number of hydrogen-bond donors (Lipinski definition) is 1. The van der Waals surface area contributed by atoms with Gasteiger partial charge in [0.1, 0.15) is 0 Å². The second-order valence-corrected chi connectivity index (χ2v) is 5.32. The molecular weight excluding hydrogens is 264 g/mol. The van der Waals surface area contributed by atoms with Gasteiger partial charge >= 0.3 is 0 Å². The predicted octanol–water partition coefficient (Wildman–Crippen LogP) is 2.65. The van der Waals surface area contributed by atoms with Gasteiger partial charge in [-0.25, -0.2) is 0 Å². The summed E-state index contributed by atoms with van der Waals surface area (Å²) in [4.78, 5) is 25.2. The van der Waals surface area contributed by atoms with Crippen molar-refractivity contribution in [1.82, 2.24) is 10.2 Å². The molecule has 0 fully saturated rings. The molecule has 1 aromatic carbocycles. The molecule has 0 heterocycles. The zero-order valence-corrected chi connectivity index (χ0v) is 13.3. The van der Waals surface area contributed by atoms with Crippen molar-refractivity contribution in [2.45, 2.75) is 46.6 Å². The van der Waals surface area contributed by atoms with Crippen molar-refractivity contribution < 1.29 is 9.59 Å².